The van der Waals surface area contributed by atoms with Crippen molar-refractivity contribution in [1.82, 2.24) is 25.3 Å². The van der Waals surface area contributed by atoms with Crippen molar-refractivity contribution < 1.29 is 0 Å². The Morgan fingerprint density at radius 3 is 2.79 bits per heavy atom. The van der Waals surface area contributed by atoms with E-state index >= 15 is 0 Å². The monoisotopic (exact) mass is 257 g/mol. The Hall–Kier alpha value is -2.34. The van der Waals surface area contributed by atoms with Gasteiger partial charge < -0.3 is 20.3 Å². The summed E-state index contributed by atoms with van der Waals surface area (Å²) in [4.78, 5) is 24.5. The van der Waals surface area contributed by atoms with Gasteiger partial charge in [0.1, 0.15) is 5.82 Å². The largest absolute Gasteiger partial charge is 0.345 e. The number of rotatable bonds is 3. The minimum absolute atomic E-state index is 0.194. The van der Waals surface area contributed by atoms with E-state index in [1.165, 1.54) is 0 Å². The lowest BCUT2D eigenvalue weighted by Crippen LogP contribution is -2.06. The van der Waals surface area contributed by atoms with Gasteiger partial charge in [-0.3, -0.25) is 0 Å². The molecule has 0 aliphatic rings. The van der Waals surface area contributed by atoms with Gasteiger partial charge in [-0.15, -0.1) is 0 Å². The quantitative estimate of drug-likeness (QED) is 0.569. The van der Waals surface area contributed by atoms with Crippen LogP contribution in [0.4, 0.5) is 0 Å². The third-order valence-electron chi connectivity index (χ3n) is 3.04. The minimum Gasteiger partial charge on any atom is -0.345 e. The van der Waals surface area contributed by atoms with Crippen LogP contribution >= 0.6 is 0 Å². The Morgan fingerprint density at radius 1 is 1.21 bits per heavy atom. The molecular weight excluding hydrogens is 242 g/mol. The van der Waals surface area contributed by atoms with Crippen LogP contribution in [0, 0.1) is 6.92 Å². The lowest BCUT2D eigenvalue weighted by molar-refractivity contribution is 0.796. The summed E-state index contributed by atoms with van der Waals surface area (Å²) in [5.41, 5.74) is 4.33. The summed E-state index contributed by atoms with van der Waals surface area (Å²) < 4.78 is 0. The van der Waals surface area contributed by atoms with Gasteiger partial charge in [0.05, 0.1) is 22.4 Å². The summed E-state index contributed by atoms with van der Waals surface area (Å²) in [6.45, 7) is 2.65. The Kier molecular flexibility index (Phi) is 2.72. The SMILES string of the molecule is CNCc1[nH]c(C)nc1-c1ccc2[nH]c(=O)[nH]c2c1. The molecular formula is C13H15N5O. The van der Waals surface area contributed by atoms with Gasteiger partial charge in [-0.2, -0.15) is 0 Å². The van der Waals surface area contributed by atoms with Crippen LogP contribution in [0.5, 0.6) is 0 Å². The molecule has 0 radical (unpaired) electrons. The molecule has 0 fully saturated rings. The normalized spacial score (nSPS) is 11.3. The van der Waals surface area contributed by atoms with Crippen LogP contribution < -0.4 is 11.0 Å². The number of H-pyrrole nitrogens is 3. The first-order valence-corrected chi connectivity index (χ1v) is 6.10. The van der Waals surface area contributed by atoms with Crippen molar-refractivity contribution in [1.29, 1.82) is 0 Å². The molecule has 2 aromatic heterocycles. The maximum Gasteiger partial charge on any atom is 0.323 e. The van der Waals surface area contributed by atoms with E-state index < -0.39 is 0 Å². The highest BCUT2D eigenvalue weighted by atomic mass is 16.1. The lowest BCUT2D eigenvalue weighted by atomic mass is 10.1. The van der Waals surface area contributed by atoms with Crippen molar-refractivity contribution in [2.45, 2.75) is 13.5 Å². The van der Waals surface area contributed by atoms with Gasteiger partial charge >= 0.3 is 5.69 Å². The number of nitrogens with zero attached hydrogens (tertiary/aromatic N) is 1. The number of aromatic nitrogens is 4. The average molecular weight is 257 g/mol. The van der Waals surface area contributed by atoms with E-state index in [0.29, 0.717) is 0 Å². The summed E-state index contributed by atoms with van der Waals surface area (Å²) >= 11 is 0. The fraction of sp³-hybridized carbons (Fsp3) is 0.231. The van der Waals surface area contributed by atoms with Crippen LogP contribution in [0.25, 0.3) is 22.3 Å². The maximum atomic E-state index is 11.3. The third-order valence-corrected chi connectivity index (χ3v) is 3.04. The van der Waals surface area contributed by atoms with E-state index in [-0.39, 0.29) is 5.69 Å². The molecule has 19 heavy (non-hydrogen) atoms. The van der Waals surface area contributed by atoms with Gasteiger partial charge in [0, 0.05) is 12.1 Å². The summed E-state index contributed by atoms with van der Waals surface area (Å²) in [5.74, 6) is 0.878. The van der Waals surface area contributed by atoms with E-state index in [1.54, 1.807) is 0 Å². The van der Waals surface area contributed by atoms with Gasteiger partial charge in [0.15, 0.2) is 0 Å². The molecule has 3 aromatic rings. The second-order valence-electron chi connectivity index (χ2n) is 4.52. The predicted octanol–water partition coefficient (Wildman–Crippen LogP) is 1.27. The van der Waals surface area contributed by atoms with Crippen LogP contribution in [-0.4, -0.2) is 27.0 Å². The molecule has 1 aromatic carbocycles. The van der Waals surface area contributed by atoms with E-state index in [4.69, 9.17) is 0 Å². The van der Waals surface area contributed by atoms with Crippen molar-refractivity contribution in [2.75, 3.05) is 7.05 Å². The van der Waals surface area contributed by atoms with Crippen LogP contribution in [0.2, 0.25) is 0 Å². The lowest BCUT2D eigenvalue weighted by Gasteiger charge is -2.02. The van der Waals surface area contributed by atoms with Crippen LogP contribution in [0.3, 0.4) is 0 Å². The zero-order valence-corrected chi connectivity index (χ0v) is 10.8. The van der Waals surface area contributed by atoms with E-state index in [9.17, 15) is 4.79 Å². The highest BCUT2D eigenvalue weighted by molar-refractivity contribution is 5.81. The summed E-state index contributed by atoms with van der Waals surface area (Å²) in [5, 5.41) is 3.11. The molecule has 6 nitrogen and oxygen atoms in total. The standard InChI is InChI=1S/C13H15N5O/c1-7-15-11(6-14-2)12(16-7)8-3-4-9-10(5-8)18-13(19)17-9/h3-5,14H,6H2,1-2H3,(H,15,16)(H2,17,18,19). The number of aryl methyl sites for hydroxylation is 1. The van der Waals surface area contributed by atoms with Gasteiger partial charge in [-0.05, 0) is 26.1 Å². The maximum absolute atomic E-state index is 11.3. The van der Waals surface area contributed by atoms with Crippen molar-refractivity contribution >= 4 is 11.0 Å². The van der Waals surface area contributed by atoms with Crippen LogP contribution in [0.1, 0.15) is 11.5 Å². The number of imidazole rings is 2. The molecule has 0 atom stereocenters. The number of hydrogen-bond donors (Lipinski definition) is 4. The summed E-state index contributed by atoms with van der Waals surface area (Å²) in [6.07, 6.45) is 0. The van der Waals surface area contributed by atoms with Crippen LogP contribution in [0.15, 0.2) is 23.0 Å². The summed E-state index contributed by atoms with van der Waals surface area (Å²) in [6, 6.07) is 5.78. The second kappa shape index (κ2) is 4.40. The minimum atomic E-state index is -0.194. The molecule has 6 heteroatoms. The van der Waals surface area contributed by atoms with E-state index in [0.717, 1.165) is 40.4 Å². The molecule has 2 heterocycles. The zero-order chi connectivity index (χ0) is 13.4. The fourth-order valence-electron chi connectivity index (χ4n) is 2.26. The van der Waals surface area contributed by atoms with E-state index in [2.05, 4.69) is 25.3 Å². The summed E-state index contributed by atoms with van der Waals surface area (Å²) in [7, 11) is 1.90. The Labute approximate surface area is 109 Å². The Balaban J connectivity index is 2.15. The molecule has 0 saturated carbocycles. The highest BCUT2D eigenvalue weighted by Crippen LogP contribution is 2.24. The second-order valence-corrected chi connectivity index (χ2v) is 4.52. The predicted molar refractivity (Wildman–Crippen MR) is 74.0 cm³/mol. The van der Waals surface area contributed by atoms with Crippen LogP contribution in [-0.2, 0) is 6.54 Å². The Morgan fingerprint density at radius 2 is 2.00 bits per heavy atom. The first kappa shape index (κ1) is 11.7. The molecule has 4 N–H and O–H groups in total. The first-order chi connectivity index (χ1) is 9.17. The molecule has 0 amide bonds. The zero-order valence-electron chi connectivity index (χ0n) is 10.8. The highest BCUT2D eigenvalue weighted by Gasteiger charge is 2.11. The van der Waals surface area contributed by atoms with Crippen molar-refractivity contribution in [3.05, 3.63) is 40.2 Å². The molecule has 0 bridgehead atoms. The number of benzene rings is 1. The van der Waals surface area contributed by atoms with Gasteiger partial charge in [0.2, 0.25) is 0 Å². The fourth-order valence-corrected chi connectivity index (χ4v) is 2.26. The van der Waals surface area contributed by atoms with Gasteiger partial charge in [-0.1, -0.05) is 6.07 Å². The molecule has 0 unspecified atom stereocenters. The first-order valence-electron chi connectivity index (χ1n) is 6.10. The molecule has 3 rings (SSSR count). The number of nitrogens with one attached hydrogen (secondary N) is 4. The van der Waals surface area contributed by atoms with E-state index in [1.807, 2.05) is 32.2 Å². The molecule has 0 spiro atoms. The average Bonchev–Trinajstić information content (AvgIpc) is 2.90. The van der Waals surface area contributed by atoms with Gasteiger partial charge in [0.25, 0.3) is 0 Å². The number of aromatic amines is 3. The number of fused-ring (bicyclic) bond motifs is 1. The topological polar surface area (TPSA) is 89.4 Å². The molecule has 0 aliphatic carbocycles. The molecule has 0 aliphatic heterocycles. The molecule has 98 valence electrons. The smallest absolute Gasteiger partial charge is 0.323 e. The third kappa shape index (κ3) is 2.06. The number of hydrogen-bond acceptors (Lipinski definition) is 3. The van der Waals surface area contributed by atoms with Gasteiger partial charge in [-0.25, -0.2) is 9.78 Å². The Bertz CT molecular complexity index is 780. The molecule has 0 saturated heterocycles. The van der Waals surface area contributed by atoms with Crippen molar-refractivity contribution in [3.63, 3.8) is 0 Å². The van der Waals surface area contributed by atoms with Crippen molar-refractivity contribution in [2.24, 2.45) is 0 Å². The van der Waals surface area contributed by atoms with Crippen molar-refractivity contribution in [3.8, 4) is 11.3 Å².